The van der Waals surface area contributed by atoms with Gasteiger partial charge in [-0.3, -0.25) is 14.2 Å². The second kappa shape index (κ2) is 7.83. The Morgan fingerprint density at radius 2 is 2.04 bits per heavy atom. The maximum Gasteiger partial charge on any atom is 0.253 e. The van der Waals surface area contributed by atoms with Crippen LogP contribution >= 0.6 is 0 Å². The zero-order valence-corrected chi connectivity index (χ0v) is 14.2. The lowest BCUT2D eigenvalue weighted by atomic mass is 10.2. The highest BCUT2D eigenvalue weighted by Crippen LogP contribution is 2.32. The van der Waals surface area contributed by atoms with Crippen molar-refractivity contribution < 1.29 is 14.3 Å². The maximum atomic E-state index is 12.2. The Bertz CT molecular complexity index is 816. The number of nitrogens with one attached hydrogen (secondary N) is 1. The lowest BCUT2D eigenvalue weighted by molar-refractivity contribution is -0.116. The van der Waals surface area contributed by atoms with Crippen LogP contribution in [0.1, 0.15) is 25.5 Å². The van der Waals surface area contributed by atoms with E-state index in [1.807, 2.05) is 0 Å². The number of carbonyl (C=O) groups excluding carboxylic acids is 1. The third-order valence-corrected chi connectivity index (χ3v) is 3.86. The molecule has 1 aliphatic rings. The van der Waals surface area contributed by atoms with Gasteiger partial charge in [0.1, 0.15) is 19.8 Å². The van der Waals surface area contributed by atoms with Crippen molar-refractivity contribution in [2.75, 3.05) is 18.5 Å². The molecule has 0 aliphatic carbocycles. The third kappa shape index (κ3) is 4.37. The number of aromatic nitrogens is 2. The SMILES string of the molecule is CCCCc1cc(=O)n(CC(=O)Nc2ccc3c(c2)OCCO3)cn1. The van der Waals surface area contributed by atoms with Crippen molar-refractivity contribution >= 4 is 11.6 Å². The van der Waals surface area contributed by atoms with E-state index in [-0.39, 0.29) is 18.0 Å². The zero-order chi connectivity index (χ0) is 17.6. The van der Waals surface area contributed by atoms with Gasteiger partial charge in [-0.15, -0.1) is 0 Å². The van der Waals surface area contributed by atoms with E-state index in [1.54, 1.807) is 18.2 Å². The predicted molar refractivity (Wildman–Crippen MR) is 93.2 cm³/mol. The Morgan fingerprint density at radius 1 is 1.24 bits per heavy atom. The molecule has 0 saturated heterocycles. The average molecular weight is 343 g/mol. The molecule has 0 atom stereocenters. The predicted octanol–water partition coefficient (Wildman–Crippen LogP) is 2.00. The second-order valence-electron chi connectivity index (χ2n) is 5.86. The summed E-state index contributed by atoms with van der Waals surface area (Å²) in [5.41, 5.74) is 1.13. The maximum absolute atomic E-state index is 12.2. The molecule has 1 aliphatic heterocycles. The van der Waals surface area contributed by atoms with Crippen molar-refractivity contribution in [3.63, 3.8) is 0 Å². The fourth-order valence-corrected chi connectivity index (χ4v) is 2.55. The van der Waals surface area contributed by atoms with E-state index >= 15 is 0 Å². The van der Waals surface area contributed by atoms with Gasteiger partial charge in [-0.2, -0.15) is 0 Å². The van der Waals surface area contributed by atoms with Crippen molar-refractivity contribution in [2.24, 2.45) is 0 Å². The molecule has 1 amide bonds. The molecule has 1 aromatic heterocycles. The second-order valence-corrected chi connectivity index (χ2v) is 5.86. The lowest BCUT2D eigenvalue weighted by Gasteiger charge is -2.19. The first-order chi connectivity index (χ1) is 12.2. The summed E-state index contributed by atoms with van der Waals surface area (Å²) in [5.74, 6) is 0.956. The molecule has 3 rings (SSSR count). The first kappa shape index (κ1) is 17.0. The highest BCUT2D eigenvalue weighted by molar-refractivity contribution is 5.90. The molecular weight excluding hydrogens is 322 g/mol. The summed E-state index contributed by atoms with van der Waals surface area (Å²) in [6.07, 6.45) is 4.23. The van der Waals surface area contributed by atoms with Crippen LogP contribution in [0.3, 0.4) is 0 Å². The van der Waals surface area contributed by atoms with Gasteiger partial charge in [0.2, 0.25) is 5.91 Å². The van der Waals surface area contributed by atoms with Gasteiger partial charge < -0.3 is 14.8 Å². The minimum Gasteiger partial charge on any atom is -0.486 e. The molecule has 0 unspecified atom stereocenters. The number of unbranched alkanes of at least 4 members (excludes halogenated alkanes) is 1. The number of nitrogens with zero attached hydrogens (tertiary/aromatic N) is 2. The largest absolute Gasteiger partial charge is 0.486 e. The van der Waals surface area contributed by atoms with Crippen molar-refractivity contribution in [1.82, 2.24) is 9.55 Å². The summed E-state index contributed by atoms with van der Waals surface area (Å²) in [7, 11) is 0. The molecule has 0 saturated carbocycles. The van der Waals surface area contributed by atoms with Gasteiger partial charge in [0.05, 0.1) is 6.33 Å². The number of carbonyl (C=O) groups is 1. The molecule has 0 fully saturated rings. The monoisotopic (exact) mass is 343 g/mol. The van der Waals surface area contributed by atoms with Crippen LogP contribution in [-0.4, -0.2) is 28.7 Å². The van der Waals surface area contributed by atoms with Crippen LogP contribution in [-0.2, 0) is 17.8 Å². The van der Waals surface area contributed by atoms with Crippen LogP contribution in [0.2, 0.25) is 0 Å². The number of hydrogen-bond acceptors (Lipinski definition) is 5. The molecular formula is C18H21N3O4. The molecule has 2 heterocycles. The van der Waals surface area contributed by atoms with E-state index in [0.29, 0.717) is 30.4 Å². The van der Waals surface area contributed by atoms with Crippen LogP contribution < -0.4 is 20.3 Å². The lowest BCUT2D eigenvalue weighted by Crippen LogP contribution is -2.28. The molecule has 2 aromatic rings. The standard InChI is InChI=1S/C18H21N3O4/c1-2-3-4-13-10-18(23)21(12-19-13)11-17(22)20-14-5-6-15-16(9-14)25-8-7-24-15/h5-6,9-10,12H,2-4,7-8,11H2,1H3,(H,20,22). The Hall–Kier alpha value is -2.83. The van der Waals surface area contributed by atoms with Crippen molar-refractivity contribution in [1.29, 1.82) is 0 Å². The number of anilines is 1. The highest BCUT2D eigenvalue weighted by Gasteiger charge is 2.13. The summed E-state index contributed by atoms with van der Waals surface area (Å²) in [6, 6.07) is 6.69. The number of ether oxygens (including phenoxy) is 2. The van der Waals surface area contributed by atoms with E-state index in [4.69, 9.17) is 9.47 Å². The Morgan fingerprint density at radius 3 is 2.80 bits per heavy atom. The fraction of sp³-hybridized carbons (Fsp3) is 0.389. The first-order valence-electron chi connectivity index (χ1n) is 8.40. The summed E-state index contributed by atoms with van der Waals surface area (Å²) in [6.45, 7) is 3.00. The number of hydrogen-bond donors (Lipinski definition) is 1. The molecule has 7 heteroatoms. The van der Waals surface area contributed by atoms with Crippen molar-refractivity contribution in [2.45, 2.75) is 32.7 Å². The number of fused-ring (bicyclic) bond motifs is 1. The van der Waals surface area contributed by atoms with Crippen LogP contribution in [0, 0.1) is 0 Å². The highest BCUT2D eigenvalue weighted by atomic mass is 16.6. The number of rotatable bonds is 6. The molecule has 1 aromatic carbocycles. The topological polar surface area (TPSA) is 82.5 Å². The first-order valence-corrected chi connectivity index (χ1v) is 8.40. The Labute approximate surface area is 145 Å². The van der Waals surface area contributed by atoms with Crippen LogP contribution in [0.5, 0.6) is 11.5 Å². The number of benzene rings is 1. The zero-order valence-electron chi connectivity index (χ0n) is 14.2. The quantitative estimate of drug-likeness (QED) is 0.867. The fourth-order valence-electron chi connectivity index (χ4n) is 2.55. The minimum atomic E-state index is -0.304. The van der Waals surface area contributed by atoms with E-state index < -0.39 is 0 Å². The summed E-state index contributed by atoms with van der Waals surface area (Å²) in [4.78, 5) is 28.5. The van der Waals surface area contributed by atoms with Crippen molar-refractivity contribution in [3.05, 3.63) is 46.6 Å². The van der Waals surface area contributed by atoms with Gasteiger partial charge in [-0.1, -0.05) is 13.3 Å². The van der Waals surface area contributed by atoms with E-state index in [9.17, 15) is 9.59 Å². The summed E-state index contributed by atoms with van der Waals surface area (Å²) in [5, 5.41) is 2.75. The van der Waals surface area contributed by atoms with Gasteiger partial charge in [0.15, 0.2) is 11.5 Å². The normalized spacial score (nSPS) is 12.7. The van der Waals surface area contributed by atoms with Gasteiger partial charge >= 0.3 is 0 Å². The molecule has 25 heavy (non-hydrogen) atoms. The Balaban J connectivity index is 1.63. The average Bonchev–Trinajstić information content (AvgIpc) is 2.62. The van der Waals surface area contributed by atoms with Crippen molar-refractivity contribution in [3.8, 4) is 11.5 Å². The van der Waals surface area contributed by atoms with Gasteiger partial charge in [0.25, 0.3) is 5.56 Å². The van der Waals surface area contributed by atoms with Crippen LogP contribution in [0.15, 0.2) is 35.4 Å². The van der Waals surface area contributed by atoms with Gasteiger partial charge in [0, 0.05) is 23.5 Å². The van der Waals surface area contributed by atoms with E-state index in [2.05, 4.69) is 17.2 Å². The minimum absolute atomic E-state index is 0.0890. The molecule has 7 nitrogen and oxygen atoms in total. The smallest absolute Gasteiger partial charge is 0.253 e. The number of aryl methyl sites for hydroxylation is 1. The Kier molecular flexibility index (Phi) is 5.33. The third-order valence-electron chi connectivity index (χ3n) is 3.86. The molecule has 1 N–H and O–H groups in total. The summed E-state index contributed by atoms with van der Waals surface area (Å²) >= 11 is 0. The molecule has 0 radical (unpaired) electrons. The molecule has 0 bridgehead atoms. The molecule has 132 valence electrons. The van der Waals surface area contributed by atoms with Gasteiger partial charge in [-0.05, 0) is 25.0 Å². The molecule has 0 spiro atoms. The van der Waals surface area contributed by atoms with E-state index in [1.165, 1.54) is 17.0 Å². The van der Waals surface area contributed by atoms with E-state index in [0.717, 1.165) is 25.0 Å². The number of amides is 1. The summed E-state index contributed by atoms with van der Waals surface area (Å²) < 4.78 is 12.2. The van der Waals surface area contributed by atoms with Gasteiger partial charge in [-0.25, -0.2) is 4.98 Å². The van der Waals surface area contributed by atoms with Crippen LogP contribution in [0.25, 0.3) is 0 Å². The van der Waals surface area contributed by atoms with Crippen LogP contribution in [0.4, 0.5) is 5.69 Å².